The van der Waals surface area contributed by atoms with Gasteiger partial charge in [-0.3, -0.25) is 4.79 Å². The van der Waals surface area contributed by atoms with Crippen molar-refractivity contribution < 1.29 is 13.2 Å². The zero-order chi connectivity index (χ0) is 16.6. The van der Waals surface area contributed by atoms with Gasteiger partial charge in [0.15, 0.2) is 0 Å². The predicted molar refractivity (Wildman–Crippen MR) is 89.9 cm³/mol. The number of benzene rings is 1. The molecular weight excluding hydrogens is 312 g/mol. The number of sulfonamides is 1. The van der Waals surface area contributed by atoms with Crippen LogP contribution in [0.3, 0.4) is 0 Å². The standard InChI is InChI=1S/C17H24N2O3S/c1-12(2)17(20)19-10-9-13-11-15(7-8-16(13)19)23(21,22)18-14-5-3-4-6-14/h7-8,11-12,14,18H,3-6,9-10H2,1-2H3. The molecule has 5 nitrogen and oxygen atoms in total. The van der Waals surface area contributed by atoms with Gasteiger partial charge in [-0.25, -0.2) is 13.1 Å². The summed E-state index contributed by atoms with van der Waals surface area (Å²) < 4.78 is 27.8. The van der Waals surface area contributed by atoms with Crippen LogP contribution in [0.5, 0.6) is 0 Å². The number of anilines is 1. The van der Waals surface area contributed by atoms with Crippen molar-refractivity contribution in [3.8, 4) is 0 Å². The SMILES string of the molecule is CC(C)C(=O)N1CCc2cc(S(=O)(=O)NC3CCCC3)ccc21. The van der Waals surface area contributed by atoms with Gasteiger partial charge in [0.1, 0.15) is 0 Å². The topological polar surface area (TPSA) is 66.5 Å². The molecule has 6 heteroatoms. The fraction of sp³-hybridized carbons (Fsp3) is 0.588. The summed E-state index contributed by atoms with van der Waals surface area (Å²) in [7, 11) is -3.47. The number of nitrogens with zero attached hydrogens (tertiary/aromatic N) is 1. The van der Waals surface area contributed by atoms with Crippen LogP contribution in [0.4, 0.5) is 5.69 Å². The molecule has 1 fully saturated rings. The van der Waals surface area contributed by atoms with Crippen molar-refractivity contribution in [2.75, 3.05) is 11.4 Å². The Balaban J connectivity index is 1.83. The number of nitrogens with one attached hydrogen (secondary N) is 1. The first-order valence-electron chi connectivity index (χ1n) is 8.35. The van der Waals surface area contributed by atoms with Crippen molar-refractivity contribution in [1.29, 1.82) is 0 Å². The molecule has 0 saturated heterocycles. The minimum atomic E-state index is -3.47. The quantitative estimate of drug-likeness (QED) is 0.918. The van der Waals surface area contributed by atoms with Crippen LogP contribution in [0.1, 0.15) is 45.1 Å². The first kappa shape index (κ1) is 16.5. The average molecular weight is 336 g/mol. The Morgan fingerprint density at radius 2 is 1.96 bits per heavy atom. The van der Waals surface area contributed by atoms with Gasteiger partial charge >= 0.3 is 0 Å². The van der Waals surface area contributed by atoms with E-state index >= 15 is 0 Å². The molecule has 1 aliphatic heterocycles. The third kappa shape index (κ3) is 3.28. The Kier molecular flexibility index (Phi) is 4.47. The van der Waals surface area contributed by atoms with Crippen LogP contribution in [0, 0.1) is 5.92 Å². The highest BCUT2D eigenvalue weighted by Gasteiger charge is 2.29. The lowest BCUT2D eigenvalue weighted by Crippen LogP contribution is -2.33. The maximum Gasteiger partial charge on any atom is 0.240 e. The van der Waals surface area contributed by atoms with Gasteiger partial charge in [0.2, 0.25) is 15.9 Å². The van der Waals surface area contributed by atoms with E-state index in [0.717, 1.165) is 36.9 Å². The summed E-state index contributed by atoms with van der Waals surface area (Å²) in [5.41, 5.74) is 1.79. The highest BCUT2D eigenvalue weighted by molar-refractivity contribution is 7.89. The number of carbonyl (C=O) groups excluding carboxylic acids is 1. The van der Waals surface area contributed by atoms with E-state index in [0.29, 0.717) is 17.9 Å². The molecule has 0 atom stereocenters. The van der Waals surface area contributed by atoms with Gasteiger partial charge in [-0.05, 0) is 43.0 Å². The van der Waals surface area contributed by atoms with E-state index in [9.17, 15) is 13.2 Å². The number of hydrogen-bond donors (Lipinski definition) is 1. The van der Waals surface area contributed by atoms with E-state index in [1.165, 1.54) is 0 Å². The first-order valence-corrected chi connectivity index (χ1v) is 9.83. The Hall–Kier alpha value is -1.40. The Labute approximate surface area is 138 Å². The number of carbonyl (C=O) groups is 1. The van der Waals surface area contributed by atoms with Crippen LogP contribution in [-0.2, 0) is 21.2 Å². The van der Waals surface area contributed by atoms with Crippen molar-refractivity contribution >= 4 is 21.6 Å². The lowest BCUT2D eigenvalue weighted by molar-refractivity contribution is -0.121. The van der Waals surface area contributed by atoms with Gasteiger partial charge < -0.3 is 4.90 Å². The predicted octanol–water partition coefficient (Wildman–Crippen LogP) is 2.45. The van der Waals surface area contributed by atoms with Crippen molar-refractivity contribution in [3.05, 3.63) is 23.8 Å². The number of rotatable bonds is 4. The van der Waals surface area contributed by atoms with E-state index in [-0.39, 0.29) is 17.9 Å². The van der Waals surface area contributed by atoms with E-state index in [1.807, 2.05) is 13.8 Å². The highest BCUT2D eigenvalue weighted by atomic mass is 32.2. The Morgan fingerprint density at radius 3 is 2.61 bits per heavy atom. The Bertz CT molecular complexity index is 707. The summed E-state index contributed by atoms with van der Waals surface area (Å²) >= 11 is 0. The molecule has 3 rings (SSSR count). The summed E-state index contributed by atoms with van der Waals surface area (Å²) in [5.74, 6) is 0.0248. The molecule has 0 spiro atoms. The maximum absolute atomic E-state index is 12.5. The van der Waals surface area contributed by atoms with E-state index in [2.05, 4.69) is 4.72 Å². The molecular formula is C17H24N2O3S. The normalized spacial score (nSPS) is 18.7. The van der Waals surface area contributed by atoms with Crippen molar-refractivity contribution in [3.63, 3.8) is 0 Å². The fourth-order valence-corrected chi connectivity index (χ4v) is 4.77. The van der Waals surface area contributed by atoms with Crippen LogP contribution < -0.4 is 9.62 Å². The summed E-state index contributed by atoms with van der Waals surface area (Å²) in [6.45, 7) is 4.39. The second-order valence-corrected chi connectivity index (χ2v) is 8.50. The number of hydrogen-bond acceptors (Lipinski definition) is 3. The molecule has 1 heterocycles. The van der Waals surface area contributed by atoms with Gasteiger partial charge in [0.25, 0.3) is 0 Å². The molecule has 126 valence electrons. The molecule has 0 bridgehead atoms. The maximum atomic E-state index is 12.5. The van der Waals surface area contributed by atoms with E-state index < -0.39 is 10.0 Å². The van der Waals surface area contributed by atoms with Gasteiger partial charge in [-0.1, -0.05) is 26.7 Å². The third-order valence-corrected chi connectivity index (χ3v) is 6.21. The minimum Gasteiger partial charge on any atom is -0.312 e. The Morgan fingerprint density at radius 1 is 1.26 bits per heavy atom. The molecule has 0 unspecified atom stereocenters. The van der Waals surface area contributed by atoms with Gasteiger partial charge in [0, 0.05) is 24.2 Å². The number of fused-ring (bicyclic) bond motifs is 1. The molecule has 0 radical (unpaired) electrons. The van der Waals surface area contributed by atoms with Crippen LogP contribution in [-0.4, -0.2) is 26.9 Å². The highest BCUT2D eigenvalue weighted by Crippen LogP contribution is 2.31. The molecule has 1 amide bonds. The fourth-order valence-electron chi connectivity index (χ4n) is 3.42. The average Bonchev–Trinajstić information content (AvgIpc) is 3.14. The second kappa shape index (κ2) is 6.24. The third-order valence-electron chi connectivity index (χ3n) is 4.69. The van der Waals surface area contributed by atoms with Crippen molar-refractivity contribution in [2.45, 2.75) is 56.9 Å². The van der Waals surface area contributed by atoms with Crippen molar-refractivity contribution in [1.82, 2.24) is 4.72 Å². The second-order valence-electron chi connectivity index (χ2n) is 6.79. The molecule has 1 aliphatic carbocycles. The molecule has 23 heavy (non-hydrogen) atoms. The van der Waals surface area contributed by atoms with Crippen LogP contribution in [0.2, 0.25) is 0 Å². The summed E-state index contributed by atoms with van der Waals surface area (Å²) in [6, 6.07) is 5.17. The monoisotopic (exact) mass is 336 g/mol. The summed E-state index contributed by atoms with van der Waals surface area (Å²) in [6.07, 6.45) is 4.72. The molecule has 1 saturated carbocycles. The summed E-state index contributed by atoms with van der Waals surface area (Å²) in [5, 5.41) is 0. The van der Waals surface area contributed by atoms with Gasteiger partial charge in [-0.15, -0.1) is 0 Å². The molecule has 0 aromatic heterocycles. The zero-order valence-electron chi connectivity index (χ0n) is 13.7. The van der Waals surface area contributed by atoms with Gasteiger partial charge in [0.05, 0.1) is 4.90 Å². The van der Waals surface area contributed by atoms with Crippen molar-refractivity contribution in [2.24, 2.45) is 5.92 Å². The van der Waals surface area contributed by atoms with Crippen LogP contribution in [0.15, 0.2) is 23.1 Å². The zero-order valence-corrected chi connectivity index (χ0v) is 14.5. The number of amides is 1. The van der Waals surface area contributed by atoms with Gasteiger partial charge in [-0.2, -0.15) is 0 Å². The summed E-state index contributed by atoms with van der Waals surface area (Å²) in [4.78, 5) is 14.3. The van der Waals surface area contributed by atoms with Crippen LogP contribution in [0.25, 0.3) is 0 Å². The largest absolute Gasteiger partial charge is 0.312 e. The molecule has 1 aromatic rings. The van der Waals surface area contributed by atoms with E-state index in [4.69, 9.17) is 0 Å². The first-order chi connectivity index (χ1) is 10.9. The van der Waals surface area contributed by atoms with Crippen LogP contribution >= 0.6 is 0 Å². The minimum absolute atomic E-state index is 0.0617. The molecule has 1 N–H and O–H groups in total. The lowest BCUT2D eigenvalue weighted by atomic mass is 10.1. The lowest BCUT2D eigenvalue weighted by Gasteiger charge is -2.20. The smallest absolute Gasteiger partial charge is 0.240 e. The van der Waals surface area contributed by atoms with E-state index in [1.54, 1.807) is 23.1 Å². The molecule has 2 aliphatic rings. The molecule has 1 aromatic carbocycles.